The minimum Gasteiger partial charge on any atom is -0.369 e. The third-order valence-electron chi connectivity index (χ3n) is 3.37. The molecule has 1 atom stereocenters. The van der Waals surface area contributed by atoms with E-state index in [1.165, 1.54) is 6.26 Å². The van der Waals surface area contributed by atoms with E-state index in [0.717, 1.165) is 35.2 Å². The van der Waals surface area contributed by atoms with E-state index in [2.05, 4.69) is 25.8 Å². The number of aromatic nitrogens is 1. The summed E-state index contributed by atoms with van der Waals surface area (Å²) in [6.45, 7) is 3.40. The van der Waals surface area contributed by atoms with Crippen LogP contribution in [0.3, 0.4) is 0 Å². The predicted octanol–water partition coefficient (Wildman–Crippen LogP) is 2.17. The highest BCUT2D eigenvalue weighted by molar-refractivity contribution is 9.10. The van der Waals surface area contributed by atoms with Crippen LogP contribution in [0, 0.1) is 6.92 Å². The molecule has 18 heavy (non-hydrogen) atoms. The molecule has 100 valence electrons. The largest absolute Gasteiger partial charge is 0.369 e. The van der Waals surface area contributed by atoms with Crippen molar-refractivity contribution in [3.63, 3.8) is 0 Å². The number of sulfone groups is 1. The van der Waals surface area contributed by atoms with Gasteiger partial charge in [0, 0.05) is 25.5 Å². The van der Waals surface area contributed by atoms with E-state index < -0.39 is 9.84 Å². The number of aryl methyl sites for hydroxylation is 1. The van der Waals surface area contributed by atoms with Crippen molar-refractivity contribution in [1.29, 1.82) is 0 Å². The lowest BCUT2D eigenvalue weighted by Crippen LogP contribution is -2.42. The van der Waals surface area contributed by atoms with Gasteiger partial charge in [0.05, 0.1) is 21.1 Å². The van der Waals surface area contributed by atoms with Gasteiger partial charge in [-0.15, -0.1) is 0 Å². The van der Waals surface area contributed by atoms with Gasteiger partial charge < -0.3 is 4.90 Å². The highest BCUT2D eigenvalue weighted by atomic mass is 79.9. The van der Waals surface area contributed by atoms with Gasteiger partial charge in [-0.3, -0.25) is 4.98 Å². The van der Waals surface area contributed by atoms with Crippen LogP contribution in [0.4, 0.5) is 5.69 Å². The van der Waals surface area contributed by atoms with E-state index >= 15 is 0 Å². The summed E-state index contributed by atoms with van der Waals surface area (Å²) < 4.78 is 24.3. The zero-order valence-electron chi connectivity index (χ0n) is 10.6. The Morgan fingerprint density at radius 2 is 2.22 bits per heavy atom. The van der Waals surface area contributed by atoms with Crippen molar-refractivity contribution in [2.45, 2.75) is 25.0 Å². The number of nitrogens with zero attached hydrogens (tertiary/aromatic N) is 2. The van der Waals surface area contributed by atoms with E-state index in [-0.39, 0.29) is 5.25 Å². The summed E-state index contributed by atoms with van der Waals surface area (Å²) >= 11 is 3.53. The number of pyridine rings is 1. The zero-order chi connectivity index (χ0) is 13.3. The fraction of sp³-hybridized carbons (Fsp3) is 0.583. The molecule has 0 saturated carbocycles. The smallest absolute Gasteiger partial charge is 0.152 e. The van der Waals surface area contributed by atoms with E-state index in [9.17, 15) is 8.42 Å². The predicted molar refractivity (Wildman–Crippen MR) is 76.8 cm³/mol. The molecular formula is C12H17BrN2O2S. The quantitative estimate of drug-likeness (QED) is 0.832. The summed E-state index contributed by atoms with van der Waals surface area (Å²) in [5.41, 5.74) is 1.96. The molecule has 1 fully saturated rings. The lowest BCUT2D eigenvalue weighted by atomic mass is 10.1. The number of rotatable bonds is 2. The number of hydrogen-bond donors (Lipinski definition) is 0. The molecule has 1 aliphatic rings. The molecule has 1 saturated heterocycles. The third kappa shape index (κ3) is 2.85. The molecule has 2 heterocycles. The van der Waals surface area contributed by atoms with Crippen LogP contribution in [0.25, 0.3) is 0 Å². The van der Waals surface area contributed by atoms with Gasteiger partial charge in [0.25, 0.3) is 0 Å². The van der Waals surface area contributed by atoms with Crippen LogP contribution in [0.2, 0.25) is 0 Å². The van der Waals surface area contributed by atoms with Crippen LogP contribution < -0.4 is 4.90 Å². The molecule has 0 aliphatic carbocycles. The normalized spacial score (nSPS) is 21.1. The Morgan fingerprint density at radius 3 is 2.89 bits per heavy atom. The molecule has 0 N–H and O–H groups in total. The van der Waals surface area contributed by atoms with E-state index in [1.54, 1.807) is 6.20 Å². The van der Waals surface area contributed by atoms with Gasteiger partial charge in [-0.1, -0.05) is 0 Å². The average molecular weight is 333 g/mol. The van der Waals surface area contributed by atoms with Crippen molar-refractivity contribution in [3.05, 3.63) is 22.4 Å². The molecule has 1 aromatic rings. The van der Waals surface area contributed by atoms with Crippen molar-refractivity contribution >= 4 is 31.5 Å². The Hall–Kier alpha value is -0.620. The second-order valence-corrected chi connectivity index (χ2v) is 7.89. The first-order valence-corrected chi connectivity index (χ1v) is 8.69. The first-order valence-electron chi connectivity index (χ1n) is 5.94. The van der Waals surface area contributed by atoms with Crippen molar-refractivity contribution in [3.8, 4) is 0 Å². The maximum Gasteiger partial charge on any atom is 0.152 e. The minimum atomic E-state index is -2.96. The molecule has 0 bridgehead atoms. The van der Waals surface area contributed by atoms with Gasteiger partial charge in [0.1, 0.15) is 0 Å². The van der Waals surface area contributed by atoms with Crippen molar-refractivity contribution in [2.75, 3.05) is 24.2 Å². The first-order chi connectivity index (χ1) is 8.39. The number of hydrogen-bond acceptors (Lipinski definition) is 4. The molecule has 4 nitrogen and oxygen atoms in total. The monoisotopic (exact) mass is 332 g/mol. The molecule has 0 spiro atoms. The van der Waals surface area contributed by atoms with Gasteiger partial charge in [-0.25, -0.2) is 8.42 Å². The first kappa shape index (κ1) is 13.8. The van der Waals surface area contributed by atoms with Crippen LogP contribution in [0.1, 0.15) is 18.5 Å². The Bertz CT molecular complexity index is 545. The van der Waals surface area contributed by atoms with E-state index in [4.69, 9.17) is 0 Å². The van der Waals surface area contributed by atoms with Crippen molar-refractivity contribution < 1.29 is 8.42 Å². The summed E-state index contributed by atoms with van der Waals surface area (Å²) in [5.74, 6) is 0. The Balaban J connectivity index is 2.26. The summed E-state index contributed by atoms with van der Waals surface area (Å²) in [6, 6.07) is 1.93. The molecule has 0 aromatic carbocycles. The molecule has 1 aliphatic heterocycles. The van der Waals surface area contributed by atoms with E-state index in [1.807, 2.05) is 13.0 Å². The summed E-state index contributed by atoms with van der Waals surface area (Å²) in [7, 11) is -2.96. The molecule has 6 heteroatoms. The van der Waals surface area contributed by atoms with Crippen LogP contribution in [0.5, 0.6) is 0 Å². The van der Waals surface area contributed by atoms with Crippen LogP contribution in [-0.2, 0) is 9.84 Å². The van der Waals surface area contributed by atoms with Gasteiger partial charge in [0.15, 0.2) is 9.84 Å². The number of piperidine rings is 1. The minimum absolute atomic E-state index is 0.258. The van der Waals surface area contributed by atoms with Crippen molar-refractivity contribution in [2.24, 2.45) is 0 Å². The maximum absolute atomic E-state index is 11.7. The van der Waals surface area contributed by atoms with Crippen LogP contribution >= 0.6 is 15.9 Å². The zero-order valence-corrected chi connectivity index (χ0v) is 13.0. The lowest BCUT2D eigenvalue weighted by Gasteiger charge is -2.34. The van der Waals surface area contributed by atoms with Crippen molar-refractivity contribution in [1.82, 2.24) is 4.98 Å². The third-order valence-corrected chi connectivity index (χ3v) is 5.94. The Labute approximate surface area is 116 Å². The second kappa shape index (κ2) is 5.17. The molecule has 0 amide bonds. The lowest BCUT2D eigenvalue weighted by molar-refractivity contribution is 0.535. The Morgan fingerprint density at radius 1 is 1.50 bits per heavy atom. The van der Waals surface area contributed by atoms with Gasteiger partial charge in [-0.05, 0) is 41.8 Å². The fourth-order valence-electron chi connectivity index (χ4n) is 2.29. The SMILES string of the molecule is Cc1nccc(N2CCCC(S(C)(=O)=O)C2)c1Br. The standard InChI is InChI=1S/C12H17BrN2O2S/c1-9-12(13)11(5-6-14-9)15-7-3-4-10(8-15)18(2,16)17/h5-6,10H,3-4,7-8H2,1-2H3. The number of anilines is 1. The highest BCUT2D eigenvalue weighted by Gasteiger charge is 2.28. The maximum atomic E-state index is 11.7. The van der Waals surface area contributed by atoms with Gasteiger partial charge in [0.2, 0.25) is 0 Å². The second-order valence-electron chi connectivity index (χ2n) is 4.77. The molecular weight excluding hydrogens is 316 g/mol. The topological polar surface area (TPSA) is 50.3 Å². The van der Waals surface area contributed by atoms with Gasteiger partial charge >= 0.3 is 0 Å². The fourth-order valence-corrected chi connectivity index (χ4v) is 3.82. The molecule has 1 aromatic heterocycles. The van der Waals surface area contributed by atoms with Crippen LogP contribution in [-0.4, -0.2) is 38.0 Å². The Kier molecular flexibility index (Phi) is 3.96. The van der Waals surface area contributed by atoms with Crippen LogP contribution in [0.15, 0.2) is 16.7 Å². The summed E-state index contributed by atoms with van der Waals surface area (Å²) in [5, 5.41) is -0.258. The highest BCUT2D eigenvalue weighted by Crippen LogP contribution is 2.31. The molecule has 2 rings (SSSR count). The van der Waals surface area contributed by atoms with Gasteiger partial charge in [-0.2, -0.15) is 0 Å². The molecule has 0 radical (unpaired) electrons. The summed E-state index contributed by atoms with van der Waals surface area (Å²) in [6.07, 6.45) is 4.76. The average Bonchev–Trinajstić information content (AvgIpc) is 2.32. The molecule has 1 unspecified atom stereocenters. The number of halogens is 1. The summed E-state index contributed by atoms with van der Waals surface area (Å²) in [4.78, 5) is 6.34. The van der Waals surface area contributed by atoms with E-state index in [0.29, 0.717) is 6.54 Å².